The zero-order valence-corrected chi connectivity index (χ0v) is 16.9. The summed E-state index contributed by atoms with van der Waals surface area (Å²) in [4.78, 5) is 17.6. The fourth-order valence-corrected chi connectivity index (χ4v) is 3.52. The second-order valence-electron chi connectivity index (χ2n) is 6.84. The number of aromatic nitrogens is 1. The molecule has 6 nitrogen and oxygen atoms in total. The highest BCUT2D eigenvalue weighted by molar-refractivity contribution is 6.30. The van der Waals surface area contributed by atoms with Crippen molar-refractivity contribution < 1.29 is 19.0 Å². The normalized spacial score (nSPS) is 15.8. The lowest BCUT2D eigenvalue weighted by Crippen LogP contribution is -2.44. The predicted octanol–water partition coefficient (Wildman–Crippen LogP) is 3.76. The molecular formula is C21H25ClN2O4. The van der Waals surface area contributed by atoms with Crippen molar-refractivity contribution in [1.82, 2.24) is 4.98 Å². The lowest BCUT2D eigenvalue weighted by molar-refractivity contribution is -0.125. The molecule has 0 aliphatic carbocycles. The predicted molar refractivity (Wildman–Crippen MR) is 108 cm³/mol. The first-order valence-corrected chi connectivity index (χ1v) is 9.66. The van der Waals surface area contributed by atoms with E-state index in [0.717, 1.165) is 11.1 Å². The first-order chi connectivity index (χ1) is 13.5. The number of hydrogen-bond donors (Lipinski definition) is 1. The highest BCUT2D eigenvalue weighted by Gasteiger charge is 2.41. The van der Waals surface area contributed by atoms with Gasteiger partial charge in [-0.1, -0.05) is 23.7 Å². The minimum atomic E-state index is -0.648. The van der Waals surface area contributed by atoms with Gasteiger partial charge in [-0.3, -0.25) is 4.79 Å². The second kappa shape index (κ2) is 9.37. The average Bonchev–Trinajstić information content (AvgIpc) is 2.71. The van der Waals surface area contributed by atoms with Gasteiger partial charge in [-0.25, -0.2) is 4.98 Å². The highest BCUT2D eigenvalue weighted by Crippen LogP contribution is 2.37. The molecular weight excluding hydrogens is 380 g/mol. The van der Waals surface area contributed by atoms with Crippen molar-refractivity contribution >= 4 is 23.2 Å². The van der Waals surface area contributed by atoms with E-state index in [2.05, 4.69) is 10.3 Å². The van der Waals surface area contributed by atoms with Crippen LogP contribution in [0, 0.1) is 6.92 Å². The van der Waals surface area contributed by atoms with Gasteiger partial charge >= 0.3 is 0 Å². The van der Waals surface area contributed by atoms with Crippen LogP contribution in [0.3, 0.4) is 0 Å². The van der Waals surface area contributed by atoms with E-state index in [1.54, 1.807) is 13.3 Å². The third kappa shape index (κ3) is 4.63. The number of methoxy groups -OCH3 is 1. The third-order valence-corrected chi connectivity index (χ3v) is 5.24. The molecule has 28 heavy (non-hydrogen) atoms. The third-order valence-electron chi connectivity index (χ3n) is 4.99. The van der Waals surface area contributed by atoms with Gasteiger partial charge in [-0.05, 0) is 43.5 Å². The van der Waals surface area contributed by atoms with Crippen LogP contribution in [0.4, 0.5) is 5.69 Å². The number of amides is 1. The number of nitrogens with one attached hydrogen (secondary N) is 1. The summed E-state index contributed by atoms with van der Waals surface area (Å²) in [6, 6.07) is 9.34. The first kappa shape index (κ1) is 20.6. The van der Waals surface area contributed by atoms with Gasteiger partial charge < -0.3 is 19.5 Å². The van der Waals surface area contributed by atoms with E-state index in [9.17, 15) is 4.79 Å². The molecule has 0 saturated carbocycles. The number of anilines is 1. The van der Waals surface area contributed by atoms with Crippen LogP contribution in [0.2, 0.25) is 5.02 Å². The fourth-order valence-electron chi connectivity index (χ4n) is 3.39. The van der Waals surface area contributed by atoms with Crippen molar-refractivity contribution in [2.75, 3.05) is 38.9 Å². The van der Waals surface area contributed by atoms with Crippen LogP contribution in [0.5, 0.6) is 5.88 Å². The molecule has 1 aliphatic rings. The number of pyridine rings is 1. The van der Waals surface area contributed by atoms with E-state index in [-0.39, 0.29) is 5.91 Å². The monoisotopic (exact) mass is 404 g/mol. The van der Waals surface area contributed by atoms with Crippen LogP contribution in [-0.2, 0) is 19.7 Å². The molecule has 0 atom stereocenters. The lowest BCUT2D eigenvalue weighted by atomic mass is 9.73. The van der Waals surface area contributed by atoms with E-state index in [4.69, 9.17) is 25.8 Å². The van der Waals surface area contributed by atoms with Gasteiger partial charge in [0, 0.05) is 30.9 Å². The molecule has 1 fully saturated rings. The van der Waals surface area contributed by atoms with E-state index < -0.39 is 5.41 Å². The molecule has 1 aliphatic heterocycles. The van der Waals surface area contributed by atoms with Gasteiger partial charge in [0.15, 0.2) is 0 Å². The lowest BCUT2D eigenvalue weighted by Gasteiger charge is -2.36. The molecule has 1 aromatic carbocycles. The summed E-state index contributed by atoms with van der Waals surface area (Å²) in [5, 5.41) is 3.68. The number of carbonyl (C=O) groups is 1. The molecule has 0 spiro atoms. The molecule has 7 heteroatoms. The Morgan fingerprint density at radius 1 is 1.25 bits per heavy atom. The molecule has 2 aromatic rings. The number of halogens is 1. The Kier molecular flexibility index (Phi) is 6.88. The van der Waals surface area contributed by atoms with Gasteiger partial charge in [0.05, 0.1) is 23.9 Å². The van der Waals surface area contributed by atoms with Gasteiger partial charge in [0.25, 0.3) is 0 Å². The molecule has 1 amide bonds. The largest absolute Gasteiger partial charge is 0.475 e. The molecule has 1 saturated heterocycles. The van der Waals surface area contributed by atoms with E-state index >= 15 is 0 Å². The van der Waals surface area contributed by atoms with E-state index in [0.29, 0.717) is 55.9 Å². The fraction of sp³-hybridized carbons (Fsp3) is 0.429. The summed E-state index contributed by atoms with van der Waals surface area (Å²) in [6.07, 6.45) is 2.85. The topological polar surface area (TPSA) is 69.7 Å². The van der Waals surface area contributed by atoms with E-state index in [1.807, 2.05) is 37.3 Å². The standard InChI is InChI=1S/C21H25ClN2O4/c1-15-13-18(14-23-19(15)28-12-11-26-2)24-20(25)21(7-9-27-10-8-21)16-3-5-17(22)6-4-16/h3-6,13-14H,7-12H2,1-2H3,(H,24,25). The number of ether oxygens (including phenoxy) is 3. The van der Waals surface area contributed by atoms with E-state index in [1.165, 1.54) is 0 Å². The zero-order valence-electron chi connectivity index (χ0n) is 16.2. The first-order valence-electron chi connectivity index (χ1n) is 9.29. The Labute approximate surface area is 170 Å². The molecule has 1 aromatic heterocycles. The maximum atomic E-state index is 13.3. The van der Waals surface area contributed by atoms with Crippen LogP contribution in [0.15, 0.2) is 36.5 Å². The number of aryl methyl sites for hydroxylation is 1. The number of carbonyl (C=O) groups excluding carboxylic acids is 1. The van der Waals surface area contributed by atoms with Crippen molar-refractivity contribution in [1.29, 1.82) is 0 Å². The molecule has 0 radical (unpaired) electrons. The summed E-state index contributed by atoms with van der Waals surface area (Å²) < 4.78 is 16.1. The summed E-state index contributed by atoms with van der Waals surface area (Å²) >= 11 is 6.03. The van der Waals surface area contributed by atoms with Crippen molar-refractivity contribution in [2.45, 2.75) is 25.2 Å². The smallest absolute Gasteiger partial charge is 0.235 e. The number of benzene rings is 1. The Bertz CT molecular complexity index is 805. The van der Waals surface area contributed by atoms with Crippen molar-refractivity contribution in [2.24, 2.45) is 0 Å². The van der Waals surface area contributed by atoms with Crippen LogP contribution < -0.4 is 10.1 Å². The Morgan fingerprint density at radius 2 is 1.96 bits per heavy atom. The van der Waals surface area contributed by atoms with Crippen LogP contribution in [0.25, 0.3) is 0 Å². The number of hydrogen-bond acceptors (Lipinski definition) is 5. The quantitative estimate of drug-likeness (QED) is 0.711. The highest BCUT2D eigenvalue weighted by atomic mass is 35.5. The van der Waals surface area contributed by atoms with Crippen LogP contribution in [0.1, 0.15) is 24.0 Å². The van der Waals surface area contributed by atoms with Gasteiger partial charge in [0.2, 0.25) is 11.8 Å². The minimum Gasteiger partial charge on any atom is -0.475 e. The summed E-state index contributed by atoms with van der Waals surface area (Å²) in [7, 11) is 1.62. The average molecular weight is 405 g/mol. The Morgan fingerprint density at radius 3 is 2.61 bits per heavy atom. The van der Waals surface area contributed by atoms with Crippen molar-refractivity contribution in [3.8, 4) is 5.88 Å². The van der Waals surface area contributed by atoms with Crippen molar-refractivity contribution in [3.63, 3.8) is 0 Å². The SMILES string of the molecule is COCCOc1ncc(NC(=O)C2(c3ccc(Cl)cc3)CCOCC2)cc1C. The van der Waals surface area contributed by atoms with Gasteiger partial charge in [-0.2, -0.15) is 0 Å². The molecule has 0 unspecified atom stereocenters. The summed E-state index contributed by atoms with van der Waals surface area (Å²) in [5.41, 5.74) is 1.79. The minimum absolute atomic E-state index is 0.0626. The summed E-state index contributed by atoms with van der Waals surface area (Å²) in [5.74, 6) is 0.473. The molecule has 150 valence electrons. The van der Waals surface area contributed by atoms with Crippen LogP contribution >= 0.6 is 11.6 Å². The molecule has 0 bridgehead atoms. The zero-order chi connectivity index (χ0) is 20.0. The van der Waals surface area contributed by atoms with Crippen molar-refractivity contribution in [3.05, 3.63) is 52.7 Å². The second-order valence-corrected chi connectivity index (χ2v) is 7.28. The molecule has 3 rings (SSSR count). The number of nitrogens with zero attached hydrogens (tertiary/aromatic N) is 1. The molecule has 2 heterocycles. The molecule has 1 N–H and O–H groups in total. The maximum Gasteiger partial charge on any atom is 0.235 e. The van der Waals surface area contributed by atoms with Gasteiger partial charge in [0.1, 0.15) is 6.61 Å². The Hall–Kier alpha value is -2.15. The Balaban J connectivity index is 1.79. The number of rotatable bonds is 7. The maximum absolute atomic E-state index is 13.3. The summed E-state index contributed by atoms with van der Waals surface area (Å²) in [6.45, 7) is 3.90. The van der Waals surface area contributed by atoms with Gasteiger partial charge in [-0.15, -0.1) is 0 Å². The van der Waals surface area contributed by atoms with Crippen LogP contribution in [-0.4, -0.2) is 44.4 Å².